The van der Waals surface area contributed by atoms with Crippen LogP contribution in [0, 0.1) is 0 Å². The predicted octanol–water partition coefficient (Wildman–Crippen LogP) is 5.42. The molecule has 0 spiro atoms. The largest absolute Gasteiger partial charge is 0.462 e. The fraction of sp³-hybridized carbons (Fsp3) is 0.824. The number of unbranched alkanes of at least 4 members (excludes halogenated alkanes) is 6. The molecule has 0 aromatic carbocycles. The van der Waals surface area contributed by atoms with Gasteiger partial charge in [-0.3, -0.25) is 4.79 Å². The first-order valence-electron chi connectivity index (χ1n) is 8.02. The number of hydrogen-bond acceptors (Lipinski definition) is 2. The van der Waals surface area contributed by atoms with E-state index < -0.39 is 0 Å². The van der Waals surface area contributed by atoms with Crippen LogP contribution in [0.1, 0.15) is 85.0 Å². The van der Waals surface area contributed by atoms with Gasteiger partial charge in [0.2, 0.25) is 0 Å². The molecule has 0 aliphatic rings. The molecule has 2 heteroatoms. The van der Waals surface area contributed by atoms with Crippen molar-refractivity contribution in [3.8, 4) is 0 Å². The third kappa shape index (κ3) is 13.4. The average molecular weight is 268 g/mol. The van der Waals surface area contributed by atoms with E-state index in [-0.39, 0.29) is 12.1 Å². The SMILES string of the molecule is CC/C=C\CC(CCCCCCCCC)OC(C)=O. The van der Waals surface area contributed by atoms with Gasteiger partial charge in [-0.25, -0.2) is 0 Å². The molecule has 0 fully saturated rings. The highest BCUT2D eigenvalue weighted by atomic mass is 16.5. The molecule has 1 unspecified atom stereocenters. The molecule has 0 radical (unpaired) electrons. The third-order valence-corrected chi connectivity index (χ3v) is 3.26. The monoisotopic (exact) mass is 268 g/mol. The van der Waals surface area contributed by atoms with Gasteiger partial charge in [0.25, 0.3) is 0 Å². The second-order valence-corrected chi connectivity index (χ2v) is 5.26. The van der Waals surface area contributed by atoms with Crippen molar-refractivity contribution >= 4 is 5.97 Å². The Bertz CT molecular complexity index is 233. The van der Waals surface area contributed by atoms with Gasteiger partial charge in [-0.1, -0.05) is 64.5 Å². The smallest absolute Gasteiger partial charge is 0.302 e. The van der Waals surface area contributed by atoms with Gasteiger partial charge in [0.1, 0.15) is 6.10 Å². The molecule has 19 heavy (non-hydrogen) atoms. The Kier molecular flexibility index (Phi) is 13.1. The zero-order valence-corrected chi connectivity index (χ0v) is 13.1. The van der Waals surface area contributed by atoms with Gasteiger partial charge < -0.3 is 4.74 Å². The highest BCUT2D eigenvalue weighted by molar-refractivity contribution is 5.66. The molecule has 0 rings (SSSR count). The number of hydrogen-bond donors (Lipinski definition) is 0. The maximum atomic E-state index is 11.0. The summed E-state index contributed by atoms with van der Waals surface area (Å²) in [5, 5.41) is 0. The van der Waals surface area contributed by atoms with Crippen molar-refractivity contribution in [3.05, 3.63) is 12.2 Å². The van der Waals surface area contributed by atoms with Crippen molar-refractivity contribution < 1.29 is 9.53 Å². The van der Waals surface area contributed by atoms with Crippen molar-refractivity contribution in [1.82, 2.24) is 0 Å². The van der Waals surface area contributed by atoms with Crippen LogP contribution in [0.2, 0.25) is 0 Å². The molecule has 2 nitrogen and oxygen atoms in total. The molecule has 0 aliphatic carbocycles. The number of esters is 1. The Balaban J connectivity index is 3.67. The summed E-state index contributed by atoms with van der Waals surface area (Å²) in [5.41, 5.74) is 0. The summed E-state index contributed by atoms with van der Waals surface area (Å²) in [4.78, 5) is 11.0. The first-order chi connectivity index (χ1) is 9.20. The van der Waals surface area contributed by atoms with E-state index in [0.717, 1.165) is 19.3 Å². The zero-order chi connectivity index (χ0) is 14.3. The number of allylic oxidation sites excluding steroid dienone is 1. The standard InChI is InChI=1S/C17H32O2/c1-4-6-8-9-10-11-13-15-17(19-16(3)18)14-12-7-5-2/h7,12,17H,4-6,8-11,13-15H2,1-3H3/b12-7-. The van der Waals surface area contributed by atoms with Crippen molar-refractivity contribution in [2.75, 3.05) is 0 Å². The minimum atomic E-state index is -0.155. The van der Waals surface area contributed by atoms with E-state index in [0.29, 0.717) is 0 Å². The van der Waals surface area contributed by atoms with Crippen LogP contribution >= 0.6 is 0 Å². The Morgan fingerprint density at radius 3 is 2.21 bits per heavy atom. The zero-order valence-electron chi connectivity index (χ0n) is 13.1. The van der Waals surface area contributed by atoms with Crippen LogP contribution in [0.15, 0.2) is 12.2 Å². The lowest BCUT2D eigenvalue weighted by Gasteiger charge is -2.15. The highest BCUT2D eigenvalue weighted by Crippen LogP contribution is 2.14. The van der Waals surface area contributed by atoms with Crippen molar-refractivity contribution in [2.24, 2.45) is 0 Å². The minimum absolute atomic E-state index is 0.0796. The first kappa shape index (κ1) is 18.2. The fourth-order valence-corrected chi connectivity index (χ4v) is 2.20. The maximum Gasteiger partial charge on any atom is 0.302 e. The molecule has 0 aromatic heterocycles. The van der Waals surface area contributed by atoms with E-state index in [4.69, 9.17) is 4.74 Å². The molecule has 1 atom stereocenters. The topological polar surface area (TPSA) is 26.3 Å². The minimum Gasteiger partial charge on any atom is -0.462 e. The molecule has 0 heterocycles. The summed E-state index contributed by atoms with van der Waals surface area (Å²) >= 11 is 0. The van der Waals surface area contributed by atoms with Crippen LogP contribution in [0.4, 0.5) is 0 Å². The van der Waals surface area contributed by atoms with Crippen molar-refractivity contribution in [3.63, 3.8) is 0 Å². The van der Waals surface area contributed by atoms with Gasteiger partial charge in [0.05, 0.1) is 0 Å². The van der Waals surface area contributed by atoms with E-state index in [1.54, 1.807) is 0 Å². The Morgan fingerprint density at radius 2 is 1.63 bits per heavy atom. The van der Waals surface area contributed by atoms with Crippen molar-refractivity contribution in [2.45, 2.75) is 91.1 Å². The van der Waals surface area contributed by atoms with Crippen LogP contribution in [0.5, 0.6) is 0 Å². The second kappa shape index (κ2) is 13.6. The molecule has 0 bridgehead atoms. The molecule has 112 valence electrons. The Morgan fingerprint density at radius 1 is 1.00 bits per heavy atom. The number of carbonyl (C=O) groups excluding carboxylic acids is 1. The molecule has 0 saturated heterocycles. The fourth-order valence-electron chi connectivity index (χ4n) is 2.20. The molecule has 0 N–H and O–H groups in total. The quantitative estimate of drug-likeness (QED) is 0.268. The molecule has 0 saturated carbocycles. The number of rotatable bonds is 12. The molecular weight excluding hydrogens is 236 g/mol. The van der Waals surface area contributed by atoms with E-state index in [2.05, 4.69) is 26.0 Å². The summed E-state index contributed by atoms with van der Waals surface area (Å²) in [7, 11) is 0. The summed E-state index contributed by atoms with van der Waals surface area (Å²) in [6, 6.07) is 0. The number of carbonyl (C=O) groups is 1. The summed E-state index contributed by atoms with van der Waals surface area (Å²) < 4.78 is 5.35. The van der Waals surface area contributed by atoms with Gasteiger partial charge in [-0.15, -0.1) is 0 Å². The lowest BCUT2D eigenvalue weighted by atomic mass is 10.0. The molecule has 0 aliphatic heterocycles. The van der Waals surface area contributed by atoms with E-state index in [9.17, 15) is 4.79 Å². The average Bonchev–Trinajstić information content (AvgIpc) is 2.37. The summed E-state index contributed by atoms with van der Waals surface area (Å²) in [5.74, 6) is -0.155. The lowest BCUT2D eigenvalue weighted by molar-refractivity contribution is -0.146. The van der Waals surface area contributed by atoms with Crippen LogP contribution < -0.4 is 0 Å². The lowest BCUT2D eigenvalue weighted by Crippen LogP contribution is -2.15. The van der Waals surface area contributed by atoms with Crippen LogP contribution in [0.25, 0.3) is 0 Å². The second-order valence-electron chi connectivity index (χ2n) is 5.26. The van der Waals surface area contributed by atoms with Crippen LogP contribution in [-0.2, 0) is 9.53 Å². The van der Waals surface area contributed by atoms with E-state index >= 15 is 0 Å². The molecule has 0 aromatic rings. The van der Waals surface area contributed by atoms with Crippen LogP contribution in [-0.4, -0.2) is 12.1 Å². The van der Waals surface area contributed by atoms with Gasteiger partial charge >= 0.3 is 5.97 Å². The summed E-state index contributed by atoms with van der Waals surface area (Å²) in [6.07, 6.45) is 16.4. The highest BCUT2D eigenvalue weighted by Gasteiger charge is 2.09. The predicted molar refractivity (Wildman–Crippen MR) is 82.2 cm³/mol. The van der Waals surface area contributed by atoms with E-state index in [1.165, 1.54) is 51.9 Å². The normalized spacial score (nSPS) is 12.8. The van der Waals surface area contributed by atoms with Gasteiger partial charge in [0, 0.05) is 13.3 Å². The first-order valence-corrected chi connectivity index (χ1v) is 8.02. The molecular formula is C17H32O2. The maximum absolute atomic E-state index is 11.0. The van der Waals surface area contributed by atoms with Crippen LogP contribution in [0.3, 0.4) is 0 Å². The van der Waals surface area contributed by atoms with E-state index in [1.807, 2.05) is 0 Å². The molecule has 0 amide bonds. The van der Waals surface area contributed by atoms with Crippen molar-refractivity contribution in [1.29, 1.82) is 0 Å². The van der Waals surface area contributed by atoms with Gasteiger partial charge in [0.15, 0.2) is 0 Å². The number of ether oxygens (including phenoxy) is 1. The summed E-state index contributed by atoms with van der Waals surface area (Å²) in [6.45, 7) is 5.86. The Hall–Kier alpha value is -0.790. The van der Waals surface area contributed by atoms with Gasteiger partial charge in [-0.05, 0) is 19.3 Å². The third-order valence-electron chi connectivity index (χ3n) is 3.26. The Labute approximate surface area is 119 Å². The van der Waals surface area contributed by atoms with Gasteiger partial charge in [-0.2, -0.15) is 0 Å².